The molecule has 0 N–H and O–H groups in total. The van der Waals surface area contributed by atoms with E-state index in [-0.39, 0.29) is 31.1 Å². The first kappa shape index (κ1) is 17.3. The molecule has 4 rings (SSSR count). The molecule has 3 aliphatic rings. The number of carbonyl (C=O) groups excluding carboxylic acids is 2. The van der Waals surface area contributed by atoms with E-state index in [9.17, 15) is 9.59 Å². The van der Waals surface area contributed by atoms with Crippen LogP contribution < -0.4 is 0 Å². The maximum atomic E-state index is 12.3. The first-order valence-corrected chi connectivity index (χ1v) is 9.74. The molecule has 1 atom stereocenters. The second kappa shape index (κ2) is 6.58. The Morgan fingerprint density at radius 3 is 2.27 bits per heavy atom. The van der Waals surface area contributed by atoms with Crippen molar-refractivity contribution < 1.29 is 23.3 Å². The van der Waals surface area contributed by atoms with Crippen LogP contribution in [0.4, 0.5) is 0 Å². The maximum Gasteiger partial charge on any atom is 0.608 e. The minimum atomic E-state index is -2.14. The van der Waals surface area contributed by atoms with Crippen molar-refractivity contribution in [1.82, 2.24) is 0 Å². The Morgan fingerprint density at radius 2 is 1.65 bits per heavy atom. The fourth-order valence-electron chi connectivity index (χ4n) is 5.18. The predicted molar refractivity (Wildman–Crippen MR) is 99.4 cm³/mol. The van der Waals surface area contributed by atoms with Crippen LogP contribution in [0.3, 0.4) is 0 Å². The summed E-state index contributed by atoms with van der Waals surface area (Å²) in [7, 11) is 0. The summed E-state index contributed by atoms with van der Waals surface area (Å²) in [6.07, 6.45) is 7.93. The number of hydrogen-bond donors (Lipinski definition) is 0. The highest BCUT2D eigenvalue weighted by Crippen LogP contribution is 2.44. The molecule has 0 radical (unpaired) electrons. The van der Waals surface area contributed by atoms with Crippen molar-refractivity contribution in [2.24, 2.45) is 5.92 Å². The summed E-state index contributed by atoms with van der Waals surface area (Å²) in [5, 5.41) is 0. The summed E-state index contributed by atoms with van der Waals surface area (Å²) in [6, 6.07) is 9.99. The third-order valence-corrected chi connectivity index (χ3v) is 6.64. The molecule has 26 heavy (non-hydrogen) atoms. The van der Waals surface area contributed by atoms with Gasteiger partial charge in [0.15, 0.2) is 0 Å². The standard InChI is InChI=1S/C20H26BNO4/c1-16(18-10-6-3-7-11-18)22-14-19(23)25-21(22,26-20(24)15-22)13-12-17-8-4-2-5-9-17/h2,4-5,8-9,12-13,16,18H,3,6-7,10-11,14-15H2,1H3/b13-12+/t16-,21?,22?/m0/s1. The number of benzene rings is 1. The number of carbonyl (C=O) groups is 2. The van der Waals surface area contributed by atoms with Gasteiger partial charge in [0, 0.05) is 5.92 Å². The molecule has 2 aliphatic heterocycles. The first-order valence-electron chi connectivity index (χ1n) is 9.74. The summed E-state index contributed by atoms with van der Waals surface area (Å²) >= 11 is 0. The van der Waals surface area contributed by atoms with Gasteiger partial charge >= 0.3 is 18.6 Å². The Balaban J connectivity index is 1.70. The highest BCUT2D eigenvalue weighted by atomic mass is 16.7. The van der Waals surface area contributed by atoms with Crippen LogP contribution in [0.1, 0.15) is 44.6 Å². The lowest BCUT2D eigenvalue weighted by molar-refractivity contribution is -0.843. The third-order valence-electron chi connectivity index (χ3n) is 6.64. The van der Waals surface area contributed by atoms with Crippen LogP contribution in [0.5, 0.6) is 0 Å². The molecule has 1 aromatic rings. The predicted octanol–water partition coefficient (Wildman–Crippen LogP) is 3.08. The van der Waals surface area contributed by atoms with Crippen LogP contribution >= 0.6 is 0 Å². The van der Waals surface area contributed by atoms with Gasteiger partial charge in [-0.25, -0.2) is 0 Å². The topological polar surface area (TPSA) is 52.6 Å². The first-order chi connectivity index (χ1) is 12.5. The number of fused-ring (bicyclic) bond motifs is 1. The van der Waals surface area contributed by atoms with Crippen molar-refractivity contribution in [2.45, 2.75) is 45.1 Å². The van der Waals surface area contributed by atoms with Crippen LogP contribution in [0.15, 0.2) is 36.3 Å². The Kier molecular flexibility index (Phi) is 4.39. The van der Waals surface area contributed by atoms with E-state index in [4.69, 9.17) is 9.31 Å². The van der Waals surface area contributed by atoms with Gasteiger partial charge in [-0.2, -0.15) is 0 Å². The highest BCUT2D eigenvalue weighted by Gasteiger charge is 2.67. The Morgan fingerprint density at radius 1 is 1.04 bits per heavy atom. The fourth-order valence-corrected chi connectivity index (χ4v) is 5.18. The van der Waals surface area contributed by atoms with Crippen molar-refractivity contribution in [3.8, 4) is 0 Å². The Bertz CT molecular complexity index is 707. The van der Waals surface area contributed by atoms with E-state index in [0.717, 1.165) is 18.4 Å². The van der Waals surface area contributed by atoms with Crippen molar-refractivity contribution in [2.75, 3.05) is 13.1 Å². The monoisotopic (exact) mass is 355 g/mol. The molecule has 0 bridgehead atoms. The van der Waals surface area contributed by atoms with Gasteiger partial charge in [-0.1, -0.05) is 61.6 Å². The van der Waals surface area contributed by atoms with E-state index in [0.29, 0.717) is 10.3 Å². The van der Waals surface area contributed by atoms with Gasteiger partial charge in [-0.15, -0.1) is 0 Å². The van der Waals surface area contributed by atoms with Crippen LogP contribution in [-0.2, 0) is 18.9 Å². The maximum absolute atomic E-state index is 12.3. The van der Waals surface area contributed by atoms with E-state index in [1.807, 2.05) is 42.4 Å². The van der Waals surface area contributed by atoms with Crippen molar-refractivity contribution >= 4 is 24.7 Å². The van der Waals surface area contributed by atoms with Gasteiger partial charge in [-0.05, 0) is 25.3 Å². The average Bonchev–Trinajstić information content (AvgIpc) is 3.07. The zero-order valence-electron chi connectivity index (χ0n) is 15.3. The van der Waals surface area contributed by atoms with E-state index in [1.54, 1.807) is 0 Å². The molecule has 1 saturated carbocycles. The quantitative estimate of drug-likeness (QED) is 0.779. The molecule has 0 aromatic heterocycles. The van der Waals surface area contributed by atoms with Gasteiger partial charge in [0.05, 0.1) is 6.04 Å². The molecule has 138 valence electrons. The Labute approximate surface area is 154 Å². The van der Waals surface area contributed by atoms with Crippen LogP contribution in [0.2, 0.25) is 0 Å². The second-order valence-electron chi connectivity index (χ2n) is 8.04. The van der Waals surface area contributed by atoms with Crippen LogP contribution in [-0.4, -0.2) is 42.2 Å². The molecule has 1 aliphatic carbocycles. The fraction of sp³-hybridized carbons (Fsp3) is 0.500. The second-order valence-corrected chi connectivity index (χ2v) is 8.04. The lowest BCUT2D eigenvalue weighted by Gasteiger charge is -2.50. The minimum absolute atomic E-state index is 0.161. The summed E-state index contributed by atoms with van der Waals surface area (Å²) in [5.41, 5.74) is 0.998. The zero-order chi connectivity index (χ0) is 18.2. The largest absolute Gasteiger partial charge is 0.608 e. The molecule has 2 heterocycles. The number of rotatable bonds is 4. The molecular formula is C20H26BNO4. The van der Waals surface area contributed by atoms with Crippen molar-refractivity contribution in [3.63, 3.8) is 0 Å². The average molecular weight is 355 g/mol. The smallest absolute Gasteiger partial charge is 0.596 e. The van der Waals surface area contributed by atoms with Gasteiger partial charge in [-0.3, -0.25) is 9.59 Å². The molecule has 3 fully saturated rings. The van der Waals surface area contributed by atoms with Crippen molar-refractivity contribution in [1.29, 1.82) is 0 Å². The highest BCUT2D eigenvalue weighted by molar-refractivity contribution is 6.71. The molecule has 5 nitrogen and oxygen atoms in total. The van der Waals surface area contributed by atoms with Gasteiger partial charge in [0.25, 0.3) is 0 Å². The zero-order valence-corrected chi connectivity index (χ0v) is 15.3. The van der Waals surface area contributed by atoms with Crippen molar-refractivity contribution in [3.05, 3.63) is 41.9 Å². The lowest BCUT2D eigenvalue weighted by atomic mass is 9.64. The SMILES string of the molecule is C[C@@H](C1CCCCC1)[N+]12CC(=O)O[B-]1(/C=C/c1ccccc1)OC(=O)C2. The lowest BCUT2D eigenvalue weighted by Crippen LogP contribution is -2.67. The third kappa shape index (κ3) is 2.76. The van der Waals surface area contributed by atoms with E-state index < -0.39 is 6.69 Å². The van der Waals surface area contributed by atoms with Crippen LogP contribution in [0.25, 0.3) is 6.08 Å². The number of quaternary nitrogens is 1. The summed E-state index contributed by atoms with van der Waals surface area (Å²) < 4.78 is 11.8. The molecule has 0 amide bonds. The van der Waals surface area contributed by atoms with Gasteiger partial charge in [0.1, 0.15) is 13.1 Å². The minimum Gasteiger partial charge on any atom is -0.596 e. The summed E-state index contributed by atoms with van der Waals surface area (Å²) in [4.78, 5) is 24.6. The normalized spacial score (nSPS) is 33.1. The van der Waals surface area contributed by atoms with E-state index in [2.05, 4.69) is 6.92 Å². The number of nitrogens with zero attached hydrogens (tertiary/aromatic N) is 1. The molecule has 0 spiro atoms. The Hall–Kier alpha value is -2.08. The molecule has 0 unspecified atom stereocenters. The molecule has 1 aromatic carbocycles. The van der Waals surface area contributed by atoms with E-state index >= 15 is 0 Å². The van der Waals surface area contributed by atoms with Crippen LogP contribution in [0, 0.1) is 5.92 Å². The summed E-state index contributed by atoms with van der Waals surface area (Å²) in [6.45, 7) is 0.482. The summed E-state index contributed by atoms with van der Waals surface area (Å²) in [5.74, 6) is 1.81. The van der Waals surface area contributed by atoms with Gasteiger partial charge < -0.3 is 13.7 Å². The molecular weight excluding hydrogens is 329 g/mol. The molecule has 2 saturated heterocycles. The number of hydrogen-bond acceptors (Lipinski definition) is 4. The molecule has 6 heteroatoms. The van der Waals surface area contributed by atoms with E-state index in [1.165, 1.54) is 19.3 Å². The van der Waals surface area contributed by atoms with Gasteiger partial charge in [0.2, 0.25) is 0 Å².